The van der Waals surface area contributed by atoms with Gasteiger partial charge in [0.1, 0.15) is 5.82 Å². The van der Waals surface area contributed by atoms with Gasteiger partial charge >= 0.3 is 0 Å². The molecule has 1 aliphatic heterocycles. The van der Waals surface area contributed by atoms with Crippen molar-refractivity contribution in [2.45, 2.75) is 5.92 Å². The van der Waals surface area contributed by atoms with E-state index in [0.717, 1.165) is 11.0 Å². The Morgan fingerprint density at radius 3 is 2.50 bits per heavy atom. The van der Waals surface area contributed by atoms with E-state index in [-0.39, 0.29) is 10.6 Å². The second-order valence-electron chi connectivity index (χ2n) is 5.89. The van der Waals surface area contributed by atoms with Gasteiger partial charge in [-0.15, -0.1) is 0 Å². The number of benzene rings is 2. The number of carbonyl (C=O) groups is 2. The Morgan fingerprint density at radius 1 is 1.04 bits per heavy atom. The largest absolute Gasteiger partial charge is 0.273 e. The number of fused-ring (bicyclic) bond motifs is 1. The van der Waals surface area contributed by atoms with Crippen LogP contribution in [-0.4, -0.2) is 16.8 Å². The van der Waals surface area contributed by atoms with Crippen molar-refractivity contribution in [1.82, 2.24) is 4.98 Å². The maximum Gasteiger partial charge on any atom is 0.265 e. The van der Waals surface area contributed by atoms with Crippen molar-refractivity contribution in [3.63, 3.8) is 0 Å². The van der Waals surface area contributed by atoms with Crippen LogP contribution in [0, 0.1) is 5.82 Å². The maximum atomic E-state index is 14.0. The highest BCUT2D eigenvalue weighted by molar-refractivity contribution is 6.32. The molecule has 4 nitrogen and oxygen atoms in total. The zero-order chi connectivity index (χ0) is 18.3. The van der Waals surface area contributed by atoms with E-state index in [9.17, 15) is 14.0 Å². The van der Waals surface area contributed by atoms with Crippen LogP contribution in [0.4, 0.5) is 10.1 Å². The molecule has 6 heteroatoms. The highest BCUT2D eigenvalue weighted by Crippen LogP contribution is 2.38. The number of halogens is 2. The molecule has 2 amide bonds. The molecule has 0 bridgehead atoms. The minimum atomic E-state index is -0.762. The van der Waals surface area contributed by atoms with E-state index in [0.29, 0.717) is 16.8 Å². The van der Waals surface area contributed by atoms with Crippen LogP contribution in [-0.2, 0) is 4.79 Å². The molecule has 1 atom stereocenters. The zero-order valence-corrected chi connectivity index (χ0v) is 14.2. The first kappa shape index (κ1) is 16.4. The van der Waals surface area contributed by atoms with E-state index in [1.54, 1.807) is 42.6 Å². The Hall–Kier alpha value is -3.05. The first-order valence-electron chi connectivity index (χ1n) is 7.90. The van der Waals surface area contributed by atoms with Crippen molar-refractivity contribution >= 4 is 29.1 Å². The summed E-state index contributed by atoms with van der Waals surface area (Å²) in [7, 11) is 0. The lowest BCUT2D eigenvalue weighted by Gasteiger charge is -2.32. The second-order valence-corrected chi connectivity index (χ2v) is 6.29. The quantitative estimate of drug-likeness (QED) is 0.639. The maximum absolute atomic E-state index is 14.0. The van der Waals surface area contributed by atoms with Crippen molar-refractivity contribution in [3.05, 3.63) is 94.5 Å². The van der Waals surface area contributed by atoms with Crippen molar-refractivity contribution in [2.75, 3.05) is 4.90 Å². The summed E-state index contributed by atoms with van der Waals surface area (Å²) in [6.45, 7) is 0. The Labute approximate surface area is 153 Å². The van der Waals surface area contributed by atoms with Crippen LogP contribution in [0.25, 0.3) is 0 Å². The van der Waals surface area contributed by atoms with Crippen LogP contribution >= 0.6 is 11.6 Å². The molecule has 0 radical (unpaired) electrons. The Bertz CT molecular complexity index is 1010. The number of aromatic nitrogens is 1. The molecular formula is C20H12ClFN2O2. The Kier molecular flexibility index (Phi) is 4.01. The van der Waals surface area contributed by atoms with Gasteiger partial charge in [0.25, 0.3) is 5.91 Å². The zero-order valence-electron chi connectivity index (χ0n) is 13.4. The third kappa shape index (κ3) is 2.57. The van der Waals surface area contributed by atoms with Gasteiger partial charge in [0.05, 0.1) is 22.8 Å². The molecule has 1 aliphatic rings. The Balaban J connectivity index is 1.97. The molecule has 0 N–H and O–H groups in total. The number of hydrogen-bond donors (Lipinski definition) is 0. The summed E-state index contributed by atoms with van der Waals surface area (Å²) in [4.78, 5) is 31.2. The molecule has 1 unspecified atom stereocenters. The molecule has 2 heterocycles. The normalized spacial score (nSPS) is 16.5. The second kappa shape index (κ2) is 6.35. The third-order valence-electron chi connectivity index (χ3n) is 4.34. The minimum Gasteiger partial charge on any atom is -0.273 e. The predicted molar refractivity (Wildman–Crippen MR) is 95.7 cm³/mol. The van der Waals surface area contributed by atoms with Crippen LogP contribution in [0.3, 0.4) is 0 Å². The van der Waals surface area contributed by atoms with Crippen LogP contribution < -0.4 is 4.90 Å². The Morgan fingerprint density at radius 2 is 1.81 bits per heavy atom. The number of rotatable bonds is 2. The minimum absolute atomic E-state index is 0.115. The number of nitrogens with zero attached hydrogens (tertiary/aromatic N) is 2. The lowest BCUT2D eigenvalue weighted by molar-refractivity contribution is -0.118. The van der Waals surface area contributed by atoms with Gasteiger partial charge in [-0.2, -0.15) is 0 Å². The third-order valence-corrected chi connectivity index (χ3v) is 4.63. The molecule has 0 saturated carbocycles. The van der Waals surface area contributed by atoms with Gasteiger partial charge in [0, 0.05) is 11.8 Å². The fraction of sp³-hybridized carbons (Fsp3) is 0.0500. The SMILES string of the molecule is O=C1c2cc(F)c(Cl)cc2C(c2ccccc2)C(=O)N1c1cccnc1. The molecule has 2 aromatic carbocycles. The molecule has 3 aromatic rings. The van der Waals surface area contributed by atoms with Gasteiger partial charge < -0.3 is 0 Å². The molecule has 0 aliphatic carbocycles. The van der Waals surface area contributed by atoms with Gasteiger partial charge in [-0.05, 0) is 35.4 Å². The van der Waals surface area contributed by atoms with E-state index in [1.807, 2.05) is 6.07 Å². The number of amides is 2. The molecule has 0 saturated heterocycles. The van der Waals surface area contributed by atoms with E-state index < -0.39 is 23.5 Å². The highest BCUT2D eigenvalue weighted by atomic mass is 35.5. The average molecular weight is 367 g/mol. The lowest BCUT2D eigenvalue weighted by Crippen LogP contribution is -2.45. The molecule has 1 aromatic heterocycles. The van der Waals surface area contributed by atoms with Crippen molar-refractivity contribution in [3.8, 4) is 0 Å². The first-order chi connectivity index (χ1) is 12.6. The number of hydrogen-bond acceptors (Lipinski definition) is 3. The summed E-state index contributed by atoms with van der Waals surface area (Å²) >= 11 is 5.93. The fourth-order valence-corrected chi connectivity index (χ4v) is 3.34. The van der Waals surface area contributed by atoms with Gasteiger partial charge in [0.2, 0.25) is 5.91 Å². The van der Waals surface area contributed by atoms with Crippen molar-refractivity contribution < 1.29 is 14.0 Å². The molecule has 128 valence electrons. The summed E-state index contributed by atoms with van der Waals surface area (Å²) in [5.41, 5.74) is 1.55. The van der Waals surface area contributed by atoms with Gasteiger partial charge in [-0.1, -0.05) is 41.9 Å². The van der Waals surface area contributed by atoms with Crippen molar-refractivity contribution in [1.29, 1.82) is 0 Å². The topological polar surface area (TPSA) is 50.3 Å². The molecule has 0 spiro atoms. The first-order valence-corrected chi connectivity index (χ1v) is 8.28. The van der Waals surface area contributed by atoms with Crippen molar-refractivity contribution in [2.24, 2.45) is 0 Å². The van der Waals surface area contributed by atoms with Gasteiger partial charge in [-0.25, -0.2) is 9.29 Å². The van der Waals surface area contributed by atoms with E-state index in [2.05, 4.69) is 4.98 Å². The fourth-order valence-electron chi connectivity index (χ4n) is 3.17. The number of carbonyl (C=O) groups excluding carboxylic acids is 2. The van der Waals surface area contributed by atoms with Crippen LogP contribution in [0.1, 0.15) is 27.4 Å². The van der Waals surface area contributed by atoms with E-state index in [4.69, 9.17) is 11.6 Å². The number of imide groups is 1. The number of pyridine rings is 1. The monoisotopic (exact) mass is 366 g/mol. The molecule has 4 rings (SSSR count). The van der Waals surface area contributed by atoms with Gasteiger partial charge in [0.15, 0.2) is 0 Å². The summed E-state index contributed by atoms with van der Waals surface area (Å²) in [5.74, 6) is -2.49. The van der Waals surface area contributed by atoms with Crippen LogP contribution in [0.15, 0.2) is 67.0 Å². The van der Waals surface area contributed by atoms with E-state index in [1.165, 1.54) is 12.3 Å². The van der Waals surface area contributed by atoms with Crippen LogP contribution in [0.5, 0.6) is 0 Å². The smallest absolute Gasteiger partial charge is 0.265 e. The summed E-state index contributed by atoms with van der Waals surface area (Å²) < 4.78 is 14.0. The predicted octanol–water partition coefficient (Wildman–Crippen LogP) is 4.19. The lowest BCUT2D eigenvalue weighted by atomic mass is 9.83. The molecule has 26 heavy (non-hydrogen) atoms. The summed E-state index contributed by atoms with van der Waals surface area (Å²) in [6.07, 6.45) is 2.97. The van der Waals surface area contributed by atoms with E-state index >= 15 is 0 Å². The molecular weight excluding hydrogens is 355 g/mol. The highest BCUT2D eigenvalue weighted by Gasteiger charge is 2.41. The standard InChI is InChI=1S/C20H12ClFN2O2/c21-16-9-14-15(10-17(16)22)19(25)24(13-7-4-8-23-11-13)20(26)18(14)12-5-2-1-3-6-12/h1-11,18H. The van der Waals surface area contributed by atoms with Crippen LogP contribution in [0.2, 0.25) is 5.02 Å². The number of anilines is 1. The average Bonchev–Trinajstić information content (AvgIpc) is 2.66. The van der Waals surface area contributed by atoms with Gasteiger partial charge in [-0.3, -0.25) is 14.6 Å². The molecule has 0 fully saturated rings. The summed E-state index contributed by atoms with van der Waals surface area (Å²) in [5, 5.41) is -0.125. The summed E-state index contributed by atoms with van der Waals surface area (Å²) in [6, 6.07) is 14.7.